The number of rotatable bonds is 3. The molecule has 1 aromatic carbocycles. The third-order valence-electron chi connectivity index (χ3n) is 3.23. The Balaban J connectivity index is 2.24. The molecule has 4 heteroatoms. The fourth-order valence-corrected chi connectivity index (χ4v) is 2.49. The van der Waals surface area contributed by atoms with Gasteiger partial charge < -0.3 is 9.67 Å². The minimum atomic E-state index is -0.891. The van der Waals surface area contributed by atoms with Crippen LogP contribution in [-0.2, 0) is 6.54 Å². The monoisotopic (exact) mass is 249 g/mol. The number of carboxylic acid groups (broad SMARTS) is 1. The number of aromatic carboxylic acids is 1. The molecule has 1 saturated carbocycles. The highest BCUT2D eigenvalue weighted by Gasteiger charge is 2.25. The number of benzene rings is 1. The quantitative estimate of drug-likeness (QED) is 0.906. The molecule has 1 heterocycles. The van der Waals surface area contributed by atoms with Gasteiger partial charge in [-0.05, 0) is 30.9 Å². The topological polar surface area (TPSA) is 42.2 Å². The van der Waals surface area contributed by atoms with Crippen LogP contribution in [0.3, 0.4) is 0 Å². The number of carboxylic acids is 1. The van der Waals surface area contributed by atoms with Crippen LogP contribution >= 0.6 is 11.6 Å². The highest BCUT2D eigenvalue weighted by Crippen LogP contribution is 2.34. The van der Waals surface area contributed by atoms with Crippen molar-refractivity contribution in [2.24, 2.45) is 5.92 Å². The first-order chi connectivity index (χ1) is 8.16. The summed E-state index contributed by atoms with van der Waals surface area (Å²) in [6.45, 7) is 0.759. The average Bonchev–Trinajstić information content (AvgIpc) is 2.99. The molecule has 3 nitrogen and oxygen atoms in total. The maximum Gasteiger partial charge on any atom is 0.352 e. The molecule has 1 aromatic heterocycles. The first-order valence-corrected chi connectivity index (χ1v) is 6.05. The summed E-state index contributed by atoms with van der Waals surface area (Å²) >= 11 is 6.17. The van der Waals surface area contributed by atoms with E-state index in [4.69, 9.17) is 11.6 Å². The van der Waals surface area contributed by atoms with Crippen LogP contribution in [0.1, 0.15) is 23.3 Å². The van der Waals surface area contributed by atoms with Gasteiger partial charge in [-0.1, -0.05) is 23.7 Å². The summed E-state index contributed by atoms with van der Waals surface area (Å²) in [6.07, 6.45) is 2.37. The molecule has 0 unspecified atom stereocenters. The molecule has 2 aromatic rings. The molecule has 1 fully saturated rings. The van der Waals surface area contributed by atoms with Crippen molar-refractivity contribution in [1.82, 2.24) is 4.57 Å². The van der Waals surface area contributed by atoms with Crippen LogP contribution in [0, 0.1) is 5.92 Å². The lowest BCUT2D eigenvalue weighted by Crippen LogP contribution is -2.09. The van der Waals surface area contributed by atoms with Crippen molar-refractivity contribution < 1.29 is 9.90 Å². The van der Waals surface area contributed by atoms with E-state index < -0.39 is 5.97 Å². The molecule has 0 bridgehead atoms. The van der Waals surface area contributed by atoms with Crippen LogP contribution in [0.2, 0.25) is 5.02 Å². The molecule has 0 saturated heterocycles. The second-order valence-electron chi connectivity index (χ2n) is 4.57. The Hall–Kier alpha value is -1.48. The molecule has 3 rings (SSSR count). The Morgan fingerprint density at radius 3 is 2.88 bits per heavy atom. The van der Waals surface area contributed by atoms with E-state index >= 15 is 0 Å². The second-order valence-corrected chi connectivity index (χ2v) is 4.97. The minimum Gasteiger partial charge on any atom is -0.477 e. The lowest BCUT2D eigenvalue weighted by Gasteiger charge is -2.08. The zero-order valence-electron chi connectivity index (χ0n) is 9.19. The van der Waals surface area contributed by atoms with Crippen LogP contribution in [0.4, 0.5) is 0 Å². The number of carbonyl (C=O) groups is 1. The molecular formula is C13H12ClNO2. The van der Waals surface area contributed by atoms with Crippen LogP contribution in [0.25, 0.3) is 10.9 Å². The number of hydrogen-bond donors (Lipinski definition) is 1. The Morgan fingerprint density at radius 2 is 2.24 bits per heavy atom. The Kier molecular flexibility index (Phi) is 2.37. The van der Waals surface area contributed by atoms with E-state index in [1.54, 1.807) is 12.1 Å². The average molecular weight is 250 g/mol. The smallest absolute Gasteiger partial charge is 0.352 e. The molecule has 17 heavy (non-hydrogen) atoms. The van der Waals surface area contributed by atoms with Gasteiger partial charge in [-0.25, -0.2) is 4.79 Å². The SMILES string of the molecule is O=C(O)c1cc2cccc(Cl)c2n1CC1CC1. The van der Waals surface area contributed by atoms with Crippen molar-refractivity contribution in [1.29, 1.82) is 0 Å². The molecule has 0 spiro atoms. The van der Waals surface area contributed by atoms with Crippen LogP contribution in [-0.4, -0.2) is 15.6 Å². The van der Waals surface area contributed by atoms with Gasteiger partial charge in [0.05, 0.1) is 10.5 Å². The molecule has 0 amide bonds. The van der Waals surface area contributed by atoms with Gasteiger partial charge in [0.2, 0.25) is 0 Å². The standard InChI is InChI=1S/C13H12ClNO2/c14-10-3-1-2-9-6-11(13(16)17)15(12(9)10)7-8-4-5-8/h1-3,6,8H,4-5,7H2,(H,16,17). The second kappa shape index (κ2) is 3.77. The van der Waals surface area contributed by atoms with Crippen LogP contribution in [0.5, 0.6) is 0 Å². The lowest BCUT2D eigenvalue weighted by molar-refractivity contribution is 0.0685. The zero-order chi connectivity index (χ0) is 12.0. The molecule has 1 aliphatic carbocycles. The van der Waals surface area contributed by atoms with Gasteiger partial charge in [-0.2, -0.15) is 0 Å². The van der Waals surface area contributed by atoms with Crippen molar-refractivity contribution in [2.45, 2.75) is 19.4 Å². The van der Waals surface area contributed by atoms with Crippen molar-refractivity contribution in [2.75, 3.05) is 0 Å². The predicted octanol–water partition coefficient (Wildman–Crippen LogP) is 3.40. The largest absolute Gasteiger partial charge is 0.477 e. The van der Waals surface area contributed by atoms with E-state index in [1.165, 1.54) is 12.8 Å². The fraction of sp³-hybridized carbons (Fsp3) is 0.308. The summed E-state index contributed by atoms with van der Waals surface area (Å²) in [7, 11) is 0. The van der Waals surface area contributed by atoms with E-state index in [-0.39, 0.29) is 0 Å². The molecule has 0 atom stereocenters. The van der Waals surface area contributed by atoms with Gasteiger partial charge in [0.25, 0.3) is 0 Å². The van der Waals surface area contributed by atoms with Crippen LogP contribution < -0.4 is 0 Å². The Labute approximate surface area is 104 Å². The number of para-hydroxylation sites is 1. The van der Waals surface area contributed by atoms with Crippen molar-refractivity contribution in [3.8, 4) is 0 Å². The number of halogens is 1. The third kappa shape index (κ3) is 1.80. The molecular weight excluding hydrogens is 238 g/mol. The highest BCUT2D eigenvalue weighted by molar-refractivity contribution is 6.35. The Bertz CT molecular complexity index is 599. The summed E-state index contributed by atoms with van der Waals surface area (Å²) in [6, 6.07) is 7.25. The van der Waals surface area contributed by atoms with Crippen molar-refractivity contribution >= 4 is 28.5 Å². The van der Waals surface area contributed by atoms with Crippen molar-refractivity contribution in [3.05, 3.63) is 35.0 Å². The normalized spacial score (nSPS) is 15.4. The maximum atomic E-state index is 11.2. The number of aromatic nitrogens is 1. The summed E-state index contributed by atoms with van der Waals surface area (Å²) in [4.78, 5) is 11.2. The van der Waals surface area contributed by atoms with Gasteiger partial charge in [0.15, 0.2) is 0 Å². The Morgan fingerprint density at radius 1 is 1.47 bits per heavy atom. The number of fused-ring (bicyclic) bond motifs is 1. The molecule has 1 N–H and O–H groups in total. The number of hydrogen-bond acceptors (Lipinski definition) is 1. The van der Waals surface area contributed by atoms with E-state index in [0.717, 1.165) is 17.4 Å². The van der Waals surface area contributed by atoms with Crippen LogP contribution in [0.15, 0.2) is 24.3 Å². The fourth-order valence-electron chi connectivity index (χ4n) is 2.20. The lowest BCUT2D eigenvalue weighted by atomic mass is 10.2. The molecule has 0 radical (unpaired) electrons. The first kappa shape index (κ1) is 10.7. The molecule has 88 valence electrons. The van der Waals surface area contributed by atoms with E-state index in [2.05, 4.69) is 0 Å². The van der Waals surface area contributed by atoms with E-state index in [0.29, 0.717) is 16.6 Å². The van der Waals surface area contributed by atoms with Crippen molar-refractivity contribution in [3.63, 3.8) is 0 Å². The third-order valence-corrected chi connectivity index (χ3v) is 3.53. The summed E-state index contributed by atoms with van der Waals surface area (Å²) in [5.41, 5.74) is 1.18. The van der Waals surface area contributed by atoms with E-state index in [1.807, 2.05) is 16.7 Å². The summed E-state index contributed by atoms with van der Waals surface area (Å²) in [5.74, 6) is -0.280. The van der Waals surface area contributed by atoms with E-state index in [9.17, 15) is 9.90 Å². The zero-order valence-corrected chi connectivity index (χ0v) is 9.94. The van der Waals surface area contributed by atoms with Gasteiger partial charge in [-0.3, -0.25) is 0 Å². The highest BCUT2D eigenvalue weighted by atomic mass is 35.5. The predicted molar refractivity (Wildman–Crippen MR) is 66.6 cm³/mol. The van der Waals surface area contributed by atoms with Gasteiger partial charge >= 0.3 is 5.97 Å². The maximum absolute atomic E-state index is 11.2. The number of nitrogens with zero attached hydrogens (tertiary/aromatic N) is 1. The molecule has 0 aliphatic heterocycles. The van der Waals surface area contributed by atoms with Gasteiger partial charge in [-0.15, -0.1) is 0 Å². The minimum absolute atomic E-state index is 0.333. The van der Waals surface area contributed by atoms with Gasteiger partial charge in [0.1, 0.15) is 5.69 Å². The first-order valence-electron chi connectivity index (χ1n) is 5.68. The van der Waals surface area contributed by atoms with Gasteiger partial charge in [0, 0.05) is 11.9 Å². The molecule has 1 aliphatic rings. The summed E-state index contributed by atoms with van der Waals surface area (Å²) < 4.78 is 1.84. The summed E-state index contributed by atoms with van der Waals surface area (Å²) in [5, 5.41) is 10.7.